The molecule has 4 rings (SSSR count). The summed E-state index contributed by atoms with van der Waals surface area (Å²) in [6, 6.07) is 8.85. The fraction of sp³-hybridized carbons (Fsp3) is 0.333. The van der Waals surface area contributed by atoms with Crippen LogP contribution in [-0.4, -0.2) is 53.8 Å². The zero-order valence-electron chi connectivity index (χ0n) is 16.5. The highest BCUT2D eigenvalue weighted by molar-refractivity contribution is 6.30. The standard InChI is InChI=1S/C21H22ClN5O3/c1-26-12-16(6-7-18(26)28)25-21(30)14-8-17-20(23-9-14)24-10-19(29)27(17)11-13-2-4-15(22)5-3-13/h2-5,8-9,16H,6-7,10-12H2,1H3,(H,23,24)(H,25,30). The normalized spacial score (nSPS) is 18.7. The number of nitrogens with one attached hydrogen (secondary N) is 2. The molecular formula is C21H22ClN5O3. The fourth-order valence-electron chi connectivity index (χ4n) is 3.65. The Morgan fingerprint density at radius 3 is 2.77 bits per heavy atom. The zero-order valence-corrected chi connectivity index (χ0v) is 17.3. The second kappa shape index (κ2) is 8.31. The molecule has 1 aromatic heterocycles. The summed E-state index contributed by atoms with van der Waals surface area (Å²) in [7, 11) is 1.73. The molecule has 9 heteroatoms. The lowest BCUT2D eigenvalue weighted by Gasteiger charge is -2.31. The Hall–Kier alpha value is -3.13. The molecule has 2 aliphatic rings. The van der Waals surface area contributed by atoms with Gasteiger partial charge in [0.25, 0.3) is 5.91 Å². The number of amides is 3. The van der Waals surface area contributed by atoms with Crippen LogP contribution in [0.2, 0.25) is 5.02 Å². The van der Waals surface area contributed by atoms with Crippen LogP contribution in [-0.2, 0) is 16.1 Å². The predicted molar refractivity (Wildman–Crippen MR) is 113 cm³/mol. The molecule has 8 nitrogen and oxygen atoms in total. The number of rotatable bonds is 4. The van der Waals surface area contributed by atoms with E-state index in [1.807, 2.05) is 12.1 Å². The molecule has 30 heavy (non-hydrogen) atoms. The average molecular weight is 428 g/mol. The Morgan fingerprint density at radius 2 is 2.03 bits per heavy atom. The van der Waals surface area contributed by atoms with Crippen LogP contribution in [0, 0.1) is 0 Å². The molecule has 0 bridgehead atoms. The van der Waals surface area contributed by atoms with Gasteiger partial charge >= 0.3 is 0 Å². The summed E-state index contributed by atoms with van der Waals surface area (Å²) in [4.78, 5) is 44.6. The first-order chi connectivity index (χ1) is 14.4. The molecule has 2 N–H and O–H groups in total. The second-order valence-electron chi connectivity index (χ2n) is 7.53. The van der Waals surface area contributed by atoms with Gasteiger partial charge in [-0.1, -0.05) is 23.7 Å². The Morgan fingerprint density at radius 1 is 1.27 bits per heavy atom. The molecule has 0 radical (unpaired) electrons. The number of likely N-dealkylation sites (N-methyl/N-ethyl adjacent to an activating group) is 1. The van der Waals surface area contributed by atoms with Crippen LogP contribution in [0.5, 0.6) is 0 Å². The monoisotopic (exact) mass is 427 g/mol. The lowest BCUT2D eigenvalue weighted by Crippen LogP contribution is -2.48. The summed E-state index contributed by atoms with van der Waals surface area (Å²) < 4.78 is 0. The second-order valence-corrected chi connectivity index (χ2v) is 7.97. The molecule has 3 heterocycles. The Kier molecular flexibility index (Phi) is 5.59. The van der Waals surface area contributed by atoms with Crippen molar-refractivity contribution in [2.75, 3.05) is 30.4 Å². The van der Waals surface area contributed by atoms with E-state index in [4.69, 9.17) is 11.6 Å². The number of piperidine rings is 1. The van der Waals surface area contributed by atoms with Gasteiger partial charge in [0.1, 0.15) is 0 Å². The summed E-state index contributed by atoms with van der Waals surface area (Å²) in [5.74, 6) is 0.258. The SMILES string of the molecule is CN1CC(NC(=O)c2cnc3c(c2)N(Cc2ccc(Cl)cc2)C(=O)CN3)CCC1=O. The predicted octanol–water partition coefficient (Wildman–Crippen LogP) is 2.04. The maximum absolute atomic E-state index is 12.8. The number of halogens is 1. The molecule has 2 aromatic rings. The highest BCUT2D eigenvalue weighted by Crippen LogP contribution is 2.30. The third-order valence-electron chi connectivity index (χ3n) is 5.34. The van der Waals surface area contributed by atoms with Gasteiger partial charge < -0.3 is 20.4 Å². The van der Waals surface area contributed by atoms with E-state index in [1.165, 1.54) is 6.20 Å². The van der Waals surface area contributed by atoms with Gasteiger partial charge in [0, 0.05) is 37.3 Å². The molecule has 0 saturated carbocycles. The Bertz CT molecular complexity index is 995. The molecule has 3 amide bonds. The third kappa shape index (κ3) is 4.23. The van der Waals surface area contributed by atoms with Crippen LogP contribution >= 0.6 is 11.6 Å². The van der Waals surface area contributed by atoms with Gasteiger partial charge in [-0.3, -0.25) is 14.4 Å². The van der Waals surface area contributed by atoms with Crippen LogP contribution in [0.25, 0.3) is 0 Å². The van der Waals surface area contributed by atoms with E-state index >= 15 is 0 Å². The molecule has 0 spiro atoms. The van der Waals surface area contributed by atoms with Crippen molar-refractivity contribution >= 4 is 40.8 Å². The van der Waals surface area contributed by atoms with Gasteiger partial charge in [0.15, 0.2) is 5.82 Å². The maximum Gasteiger partial charge on any atom is 0.253 e. The number of fused-ring (bicyclic) bond motifs is 1. The van der Waals surface area contributed by atoms with Gasteiger partial charge in [-0.2, -0.15) is 0 Å². The molecular weight excluding hydrogens is 406 g/mol. The summed E-state index contributed by atoms with van der Waals surface area (Å²) in [5, 5.41) is 6.59. The number of hydrogen-bond donors (Lipinski definition) is 2. The van der Waals surface area contributed by atoms with Gasteiger partial charge in [-0.05, 0) is 30.2 Å². The lowest BCUT2D eigenvalue weighted by atomic mass is 10.1. The number of benzene rings is 1. The topological polar surface area (TPSA) is 94.6 Å². The van der Waals surface area contributed by atoms with Crippen molar-refractivity contribution in [3.05, 3.63) is 52.7 Å². The minimum absolute atomic E-state index is 0.0818. The van der Waals surface area contributed by atoms with Crippen LogP contribution in [0.15, 0.2) is 36.5 Å². The number of carbonyl (C=O) groups excluding carboxylic acids is 3. The highest BCUT2D eigenvalue weighted by atomic mass is 35.5. The number of nitrogens with zero attached hydrogens (tertiary/aromatic N) is 3. The van der Waals surface area contributed by atoms with E-state index in [1.54, 1.807) is 35.0 Å². The summed E-state index contributed by atoms with van der Waals surface area (Å²) in [6.45, 7) is 0.972. The van der Waals surface area contributed by atoms with E-state index in [9.17, 15) is 14.4 Å². The molecule has 1 aromatic carbocycles. The average Bonchev–Trinajstić information content (AvgIpc) is 2.74. The Labute approximate surface area is 179 Å². The molecule has 1 fully saturated rings. The summed E-state index contributed by atoms with van der Waals surface area (Å²) >= 11 is 5.95. The van der Waals surface area contributed by atoms with Crippen molar-refractivity contribution in [2.24, 2.45) is 0 Å². The minimum Gasteiger partial charge on any atom is -0.359 e. The number of anilines is 2. The molecule has 2 aliphatic heterocycles. The van der Waals surface area contributed by atoms with E-state index < -0.39 is 0 Å². The highest BCUT2D eigenvalue weighted by Gasteiger charge is 2.28. The zero-order chi connectivity index (χ0) is 21.3. The summed E-state index contributed by atoms with van der Waals surface area (Å²) in [5.41, 5.74) is 1.85. The summed E-state index contributed by atoms with van der Waals surface area (Å²) in [6.07, 6.45) is 2.52. The molecule has 156 valence electrons. The van der Waals surface area contributed by atoms with Crippen molar-refractivity contribution < 1.29 is 14.4 Å². The van der Waals surface area contributed by atoms with Crippen molar-refractivity contribution in [3.8, 4) is 0 Å². The van der Waals surface area contributed by atoms with Crippen molar-refractivity contribution in [1.82, 2.24) is 15.2 Å². The maximum atomic E-state index is 12.8. The first-order valence-corrected chi connectivity index (χ1v) is 10.1. The largest absolute Gasteiger partial charge is 0.359 e. The van der Waals surface area contributed by atoms with E-state index in [0.29, 0.717) is 48.0 Å². The van der Waals surface area contributed by atoms with E-state index in [0.717, 1.165) is 5.56 Å². The minimum atomic E-state index is -0.275. The van der Waals surface area contributed by atoms with Crippen LogP contribution in [0.4, 0.5) is 11.5 Å². The molecule has 1 atom stereocenters. The first-order valence-electron chi connectivity index (χ1n) is 9.74. The molecule has 1 saturated heterocycles. The van der Waals surface area contributed by atoms with E-state index in [2.05, 4.69) is 15.6 Å². The molecule has 1 unspecified atom stereocenters. The number of pyridine rings is 1. The first kappa shape index (κ1) is 20.2. The number of likely N-dealkylation sites (tertiary alicyclic amines) is 1. The van der Waals surface area contributed by atoms with Gasteiger partial charge in [0.05, 0.1) is 24.3 Å². The van der Waals surface area contributed by atoms with Crippen LogP contribution in [0.3, 0.4) is 0 Å². The van der Waals surface area contributed by atoms with E-state index in [-0.39, 0.29) is 30.3 Å². The van der Waals surface area contributed by atoms with Gasteiger partial charge in [-0.25, -0.2) is 4.98 Å². The van der Waals surface area contributed by atoms with Crippen molar-refractivity contribution in [3.63, 3.8) is 0 Å². The lowest BCUT2D eigenvalue weighted by molar-refractivity contribution is -0.132. The quantitative estimate of drug-likeness (QED) is 0.778. The van der Waals surface area contributed by atoms with Crippen molar-refractivity contribution in [2.45, 2.75) is 25.4 Å². The van der Waals surface area contributed by atoms with Crippen LogP contribution in [0.1, 0.15) is 28.8 Å². The van der Waals surface area contributed by atoms with Gasteiger partial charge in [0.2, 0.25) is 11.8 Å². The number of hydrogen-bond acceptors (Lipinski definition) is 5. The Balaban J connectivity index is 1.54. The molecule has 0 aliphatic carbocycles. The fourth-order valence-corrected chi connectivity index (χ4v) is 3.78. The third-order valence-corrected chi connectivity index (χ3v) is 5.60. The smallest absolute Gasteiger partial charge is 0.253 e. The van der Waals surface area contributed by atoms with Crippen molar-refractivity contribution in [1.29, 1.82) is 0 Å². The number of carbonyl (C=O) groups is 3. The number of aromatic nitrogens is 1. The van der Waals surface area contributed by atoms with Crippen LogP contribution < -0.4 is 15.5 Å². The van der Waals surface area contributed by atoms with Gasteiger partial charge in [-0.15, -0.1) is 0 Å².